The van der Waals surface area contributed by atoms with Crippen LogP contribution in [-0.4, -0.2) is 10.2 Å². The number of aromatic nitrogens is 2. The molecule has 0 amide bonds. The largest absolute Gasteiger partial charge is 0.416 e. The van der Waals surface area contributed by atoms with E-state index in [2.05, 4.69) is 42.1 Å². The van der Waals surface area contributed by atoms with Gasteiger partial charge in [-0.05, 0) is 48.9 Å². The Hall–Kier alpha value is -1.67. The summed E-state index contributed by atoms with van der Waals surface area (Å²) < 4.78 is 46.0. The number of hydrogen-bond acceptors (Lipinski definition) is 3. The first kappa shape index (κ1) is 17.2. The summed E-state index contributed by atoms with van der Waals surface area (Å²) in [6, 6.07) is 9.05. The first-order valence-electron chi connectivity index (χ1n) is 6.71. The number of rotatable bonds is 2. The minimum Gasteiger partial charge on any atom is -0.416 e. The first-order valence-corrected chi connectivity index (χ1v) is 8.30. The van der Waals surface area contributed by atoms with Crippen molar-refractivity contribution in [3.8, 4) is 22.9 Å². The van der Waals surface area contributed by atoms with Crippen LogP contribution in [0.5, 0.6) is 0 Å². The molecule has 0 aliphatic carbocycles. The van der Waals surface area contributed by atoms with Gasteiger partial charge in [-0.3, -0.25) is 0 Å². The van der Waals surface area contributed by atoms with Crippen LogP contribution >= 0.6 is 31.9 Å². The molecular formula is C16H9Br2F3N2O. The van der Waals surface area contributed by atoms with Gasteiger partial charge in [-0.2, -0.15) is 13.2 Å². The maximum Gasteiger partial charge on any atom is 0.416 e. The van der Waals surface area contributed by atoms with Crippen LogP contribution in [0.15, 0.2) is 49.8 Å². The molecule has 1 heterocycles. The third-order valence-corrected chi connectivity index (χ3v) is 4.10. The number of alkyl halides is 3. The van der Waals surface area contributed by atoms with Crippen LogP contribution in [0.2, 0.25) is 0 Å². The van der Waals surface area contributed by atoms with Crippen LogP contribution in [0.4, 0.5) is 13.2 Å². The number of halogens is 5. The second kappa shape index (κ2) is 6.33. The number of nitrogens with zero attached hydrogens (tertiary/aromatic N) is 2. The fraction of sp³-hybridized carbons (Fsp3) is 0.125. The van der Waals surface area contributed by atoms with E-state index in [0.29, 0.717) is 11.1 Å². The van der Waals surface area contributed by atoms with Gasteiger partial charge in [-0.25, -0.2) is 0 Å². The molecule has 0 saturated carbocycles. The zero-order chi connectivity index (χ0) is 17.5. The molecule has 24 heavy (non-hydrogen) atoms. The predicted molar refractivity (Wildman–Crippen MR) is 90.3 cm³/mol. The van der Waals surface area contributed by atoms with Crippen LogP contribution in [0, 0.1) is 6.92 Å². The number of benzene rings is 2. The lowest BCUT2D eigenvalue weighted by Gasteiger charge is -2.08. The van der Waals surface area contributed by atoms with E-state index in [9.17, 15) is 13.2 Å². The molecule has 2 aromatic carbocycles. The van der Waals surface area contributed by atoms with E-state index in [4.69, 9.17) is 4.42 Å². The van der Waals surface area contributed by atoms with Crippen molar-refractivity contribution in [2.75, 3.05) is 0 Å². The number of hydrogen-bond donors (Lipinski definition) is 0. The molecule has 0 radical (unpaired) electrons. The van der Waals surface area contributed by atoms with E-state index < -0.39 is 11.7 Å². The highest BCUT2D eigenvalue weighted by atomic mass is 79.9. The summed E-state index contributed by atoms with van der Waals surface area (Å²) in [5.74, 6) is 0.261. The molecule has 0 aliphatic rings. The van der Waals surface area contributed by atoms with Crippen LogP contribution in [-0.2, 0) is 6.18 Å². The van der Waals surface area contributed by atoms with Gasteiger partial charge in [0.05, 0.1) is 5.56 Å². The number of aryl methyl sites for hydroxylation is 1. The third kappa shape index (κ3) is 3.70. The normalized spacial score (nSPS) is 11.8. The molecule has 0 fully saturated rings. The summed E-state index contributed by atoms with van der Waals surface area (Å²) >= 11 is 6.72. The van der Waals surface area contributed by atoms with E-state index in [1.165, 1.54) is 0 Å². The summed E-state index contributed by atoms with van der Waals surface area (Å²) in [5, 5.41) is 7.80. The highest BCUT2D eigenvalue weighted by Gasteiger charge is 2.31. The Morgan fingerprint density at radius 3 is 1.92 bits per heavy atom. The van der Waals surface area contributed by atoms with E-state index in [0.717, 1.165) is 21.1 Å². The molecule has 3 nitrogen and oxygen atoms in total. The SMILES string of the molecule is Cc1cc(-c2nnc(-c3cc(Br)cc(Br)c3)o2)cc(C(F)(F)F)c1. The topological polar surface area (TPSA) is 38.9 Å². The van der Waals surface area contributed by atoms with Crippen LogP contribution in [0.1, 0.15) is 11.1 Å². The molecule has 0 atom stereocenters. The fourth-order valence-electron chi connectivity index (χ4n) is 2.20. The van der Waals surface area contributed by atoms with Crippen molar-refractivity contribution in [3.63, 3.8) is 0 Å². The molecule has 0 N–H and O–H groups in total. The highest BCUT2D eigenvalue weighted by molar-refractivity contribution is 9.11. The smallest absolute Gasteiger partial charge is 0.416 e. The van der Waals surface area contributed by atoms with Crippen molar-refractivity contribution in [2.45, 2.75) is 13.1 Å². The quantitative estimate of drug-likeness (QED) is 0.452. The van der Waals surface area contributed by atoms with Crippen molar-refractivity contribution in [1.29, 1.82) is 0 Å². The molecule has 1 aromatic heterocycles. The fourth-order valence-corrected chi connectivity index (χ4v) is 3.50. The summed E-state index contributed by atoms with van der Waals surface area (Å²) in [6.45, 7) is 1.58. The van der Waals surface area contributed by atoms with Gasteiger partial charge >= 0.3 is 6.18 Å². The molecule has 124 valence electrons. The molecule has 0 saturated heterocycles. The van der Waals surface area contributed by atoms with E-state index in [1.807, 2.05) is 6.07 Å². The Labute approximate surface area is 152 Å². The third-order valence-electron chi connectivity index (χ3n) is 3.19. The van der Waals surface area contributed by atoms with E-state index >= 15 is 0 Å². The van der Waals surface area contributed by atoms with Crippen LogP contribution in [0.3, 0.4) is 0 Å². The molecule has 0 unspecified atom stereocenters. The van der Waals surface area contributed by atoms with E-state index in [1.54, 1.807) is 25.1 Å². The molecule has 0 bridgehead atoms. The minimum atomic E-state index is -4.43. The second-order valence-corrected chi connectivity index (χ2v) is 6.99. The molecular weight excluding hydrogens is 453 g/mol. The Morgan fingerprint density at radius 1 is 0.833 bits per heavy atom. The van der Waals surface area contributed by atoms with Crippen molar-refractivity contribution in [2.24, 2.45) is 0 Å². The van der Waals surface area contributed by atoms with Crippen molar-refractivity contribution in [3.05, 3.63) is 56.5 Å². The lowest BCUT2D eigenvalue weighted by Crippen LogP contribution is -2.05. The molecule has 0 aliphatic heterocycles. The van der Waals surface area contributed by atoms with Gasteiger partial charge < -0.3 is 4.42 Å². The Bertz CT molecular complexity index is 886. The zero-order valence-corrected chi connectivity index (χ0v) is 15.3. The Morgan fingerprint density at radius 2 is 1.38 bits per heavy atom. The summed E-state index contributed by atoms with van der Waals surface area (Å²) in [7, 11) is 0. The lowest BCUT2D eigenvalue weighted by atomic mass is 10.1. The first-order chi connectivity index (χ1) is 11.2. The average molecular weight is 462 g/mol. The molecule has 3 aromatic rings. The van der Waals surface area contributed by atoms with E-state index in [-0.39, 0.29) is 17.3 Å². The molecule has 3 rings (SSSR count). The zero-order valence-electron chi connectivity index (χ0n) is 12.2. The van der Waals surface area contributed by atoms with Gasteiger partial charge in [0, 0.05) is 20.1 Å². The van der Waals surface area contributed by atoms with Gasteiger partial charge in [0.2, 0.25) is 11.8 Å². The van der Waals surface area contributed by atoms with Gasteiger partial charge in [0.15, 0.2) is 0 Å². The van der Waals surface area contributed by atoms with Crippen molar-refractivity contribution >= 4 is 31.9 Å². The average Bonchev–Trinajstić information content (AvgIpc) is 2.94. The summed E-state index contributed by atoms with van der Waals surface area (Å²) in [4.78, 5) is 0. The molecule has 0 spiro atoms. The predicted octanol–water partition coefficient (Wildman–Crippen LogP) is 6.26. The van der Waals surface area contributed by atoms with Crippen molar-refractivity contribution in [1.82, 2.24) is 10.2 Å². The van der Waals surface area contributed by atoms with Crippen LogP contribution < -0.4 is 0 Å². The van der Waals surface area contributed by atoms with Crippen molar-refractivity contribution < 1.29 is 17.6 Å². The van der Waals surface area contributed by atoms with Gasteiger partial charge in [0.25, 0.3) is 0 Å². The Balaban J connectivity index is 2.03. The maximum atomic E-state index is 12.9. The van der Waals surface area contributed by atoms with Gasteiger partial charge in [-0.15, -0.1) is 10.2 Å². The Kier molecular flexibility index (Phi) is 4.52. The summed E-state index contributed by atoms with van der Waals surface area (Å²) in [6.07, 6.45) is -4.43. The monoisotopic (exact) mass is 460 g/mol. The minimum absolute atomic E-state index is 0.0373. The molecule has 8 heteroatoms. The standard InChI is InChI=1S/C16H9Br2F3N2O/c1-8-2-9(4-11(3-8)16(19,20)21)14-22-23-15(24-14)10-5-12(17)7-13(18)6-10/h2-7H,1H3. The van der Waals surface area contributed by atoms with Gasteiger partial charge in [-0.1, -0.05) is 31.9 Å². The highest BCUT2D eigenvalue weighted by Crippen LogP contribution is 2.34. The van der Waals surface area contributed by atoms with Crippen LogP contribution in [0.25, 0.3) is 22.9 Å². The van der Waals surface area contributed by atoms with Gasteiger partial charge in [0.1, 0.15) is 0 Å². The maximum absolute atomic E-state index is 12.9. The second-order valence-electron chi connectivity index (χ2n) is 5.16. The lowest BCUT2D eigenvalue weighted by molar-refractivity contribution is -0.137. The summed E-state index contributed by atoms with van der Waals surface area (Å²) in [5.41, 5.74) is 0.598.